The lowest BCUT2D eigenvalue weighted by Gasteiger charge is -2.14. The van der Waals surface area contributed by atoms with Gasteiger partial charge in [0.05, 0.1) is 10.7 Å². The molecule has 4 heteroatoms. The molecule has 1 aliphatic heterocycles. The summed E-state index contributed by atoms with van der Waals surface area (Å²) >= 11 is 1.74. The smallest absolute Gasteiger partial charge is 0.0897 e. The Hall–Kier alpha value is -0.450. The zero-order valence-corrected chi connectivity index (χ0v) is 11.3. The van der Waals surface area contributed by atoms with Gasteiger partial charge in [0.15, 0.2) is 0 Å². The van der Waals surface area contributed by atoms with Crippen molar-refractivity contribution in [3.63, 3.8) is 0 Å². The SMILES string of the molecule is Cc1nc(CNCC2CCN(C3CC3)C2)cs1. The van der Waals surface area contributed by atoms with Crippen LogP contribution in [-0.2, 0) is 6.54 Å². The summed E-state index contributed by atoms with van der Waals surface area (Å²) in [5.74, 6) is 0.857. The maximum atomic E-state index is 4.47. The zero-order valence-electron chi connectivity index (χ0n) is 10.5. The quantitative estimate of drug-likeness (QED) is 0.868. The highest BCUT2D eigenvalue weighted by atomic mass is 32.1. The zero-order chi connectivity index (χ0) is 11.7. The van der Waals surface area contributed by atoms with E-state index in [4.69, 9.17) is 0 Å². The lowest BCUT2D eigenvalue weighted by molar-refractivity contribution is 0.311. The number of aryl methyl sites for hydroxylation is 1. The van der Waals surface area contributed by atoms with Crippen LogP contribution in [0.25, 0.3) is 0 Å². The first-order chi connectivity index (χ1) is 8.31. The van der Waals surface area contributed by atoms with E-state index >= 15 is 0 Å². The summed E-state index contributed by atoms with van der Waals surface area (Å²) in [5, 5.41) is 6.88. The van der Waals surface area contributed by atoms with Crippen molar-refractivity contribution < 1.29 is 0 Å². The molecule has 1 saturated carbocycles. The molecule has 1 aromatic rings. The standard InChI is InChI=1S/C13H21N3S/c1-10-15-12(9-17-10)7-14-6-11-4-5-16(8-11)13-2-3-13/h9,11,13-14H,2-8H2,1H3. The highest BCUT2D eigenvalue weighted by Gasteiger charge is 2.33. The molecule has 0 aromatic carbocycles. The van der Waals surface area contributed by atoms with Gasteiger partial charge >= 0.3 is 0 Å². The Morgan fingerprint density at radius 3 is 3.06 bits per heavy atom. The molecular weight excluding hydrogens is 230 g/mol. The third kappa shape index (κ3) is 3.06. The Labute approximate surface area is 107 Å². The first-order valence-electron chi connectivity index (χ1n) is 6.67. The van der Waals surface area contributed by atoms with Crippen LogP contribution in [0.1, 0.15) is 30.0 Å². The van der Waals surface area contributed by atoms with Crippen molar-refractivity contribution in [3.8, 4) is 0 Å². The van der Waals surface area contributed by atoms with E-state index in [0.717, 1.165) is 25.0 Å². The first kappa shape index (κ1) is 11.6. The van der Waals surface area contributed by atoms with E-state index in [1.165, 1.54) is 43.1 Å². The number of nitrogens with zero attached hydrogens (tertiary/aromatic N) is 2. The Morgan fingerprint density at radius 1 is 1.47 bits per heavy atom. The summed E-state index contributed by atoms with van der Waals surface area (Å²) in [6.45, 7) is 6.79. The maximum absolute atomic E-state index is 4.47. The van der Waals surface area contributed by atoms with Gasteiger partial charge in [-0.2, -0.15) is 0 Å². The van der Waals surface area contributed by atoms with Crippen LogP contribution in [0.2, 0.25) is 0 Å². The highest BCUT2D eigenvalue weighted by Crippen LogP contribution is 2.31. The van der Waals surface area contributed by atoms with Crippen molar-refractivity contribution in [2.45, 2.75) is 38.8 Å². The number of nitrogens with one attached hydrogen (secondary N) is 1. The lowest BCUT2D eigenvalue weighted by atomic mass is 10.1. The maximum Gasteiger partial charge on any atom is 0.0897 e. The number of thiazole rings is 1. The topological polar surface area (TPSA) is 28.2 Å². The normalized spacial score (nSPS) is 25.6. The third-order valence-corrected chi connectivity index (χ3v) is 4.61. The molecule has 2 heterocycles. The molecule has 1 N–H and O–H groups in total. The van der Waals surface area contributed by atoms with Crippen LogP contribution in [0, 0.1) is 12.8 Å². The largest absolute Gasteiger partial charge is 0.311 e. The van der Waals surface area contributed by atoms with Crippen molar-refractivity contribution in [2.75, 3.05) is 19.6 Å². The molecule has 17 heavy (non-hydrogen) atoms. The van der Waals surface area contributed by atoms with Crippen molar-refractivity contribution in [3.05, 3.63) is 16.1 Å². The molecule has 0 spiro atoms. The number of hydrogen-bond donors (Lipinski definition) is 1. The van der Waals surface area contributed by atoms with E-state index in [9.17, 15) is 0 Å². The molecule has 1 aliphatic carbocycles. The predicted octanol–water partition coefficient (Wildman–Crippen LogP) is 2.03. The molecule has 3 nitrogen and oxygen atoms in total. The molecule has 94 valence electrons. The molecule has 1 atom stereocenters. The molecule has 2 fully saturated rings. The molecule has 0 amide bonds. The lowest BCUT2D eigenvalue weighted by Crippen LogP contribution is -2.27. The highest BCUT2D eigenvalue weighted by molar-refractivity contribution is 7.09. The van der Waals surface area contributed by atoms with E-state index < -0.39 is 0 Å². The van der Waals surface area contributed by atoms with E-state index in [-0.39, 0.29) is 0 Å². The molecule has 0 radical (unpaired) electrons. The fourth-order valence-electron chi connectivity index (χ4n) is 2.69. The summed E-state index contributed by atoms with van der Waals surface area (Å²) in [6, 6.07) is 0.946. The van der Waals surface area contributed by atoms with Gasteiger partial charge in [-0.1, -0.05) is 0 Å². The molecule has 0 bridgehead atoms. The van der Waals surface area contributed by atoms with Crippen LogP contribution < -0.4 is 5.32 Å². The molecular formula is C13H21N3S. The minimum Gasteiger partial charge on any atom is -0.311 e. The van der Waals surface area contributed by atoms with Gasteiger partial charge in [0.1, 0.15) is 0 Å². The fourth-order valence-corrected chi connectivity index (χ4v) is 3.31. The number of hydrogen-bond acceptors (Lipinski definition) is 4. The van der Waals surface area contributed by atoms with Gasteiger partial charge in [-0.3, -0.25) is 0 Å². The molecule has 1 unspecified atom stereocenters. The van der Waals surface area contributed by atoms with Gasteiger partial charge in [-0.15, -0.1) is 11.3 Å². The summed E-state index contributed by atoms with van der Waals surface area (Å²) in [6.07, 6.45) is 4.26. The Morgan fingerprint density at radius 2 is 2.35 bits per heavy atom. The molecule has 2 aliphatic rings. The van der Waals surface area contributed by atoms with Gasteiger partial charge in [0.2, 0.25) is 0 Å². The second kappa shape index (κ2) is 5.04. The van der Waals surface area contributed by atoms with Crippen LogP contribution in [0.15, 0.2) is 5.38 Å². The van der Waals surface area contributed by atoms with Gasteiger partial charge in [0.25, 0.3) is 0 Å². The van der Waals surface area contributed by atoms with E-state index in [0.29, 0.717) is 0 Å². The summed E-state index contributed by atoms with van der Waals surface area (Å²) in [4.78, 5) is 7.15. The number of rotatable bonds is 5. The Kier molecular flexibility index (Phi) is 3.45. The van der Waals surface area contributed by atoms with Gasteiger partial charge in [-0.25, -0.2) is 4.98 Å². The minimum absolute atomic E-state index is 0.857. The van der Waals surface area contributed by atoms with E-state index in [1.807, 2.05) is 0 Å². The molecule has 1 saturated heterocycles. The van der Waals surface area contributed by atoms with E-state index in [2.05, 4.69) is 27.5 Å². The molecule has 1 aromatic heterocycles. The number of aromatic nitrogens is 1. The second-order valence-corrected chi connectivity index (χ2v) is 6.43. The van der Waals surface area contributed by atoms with Gasteiger partial charge < -0.3 is 10.2 Å². The average molecular weight is 251 g/mol. The van der Waals surface area contributed by atoms with Crippen molar-refractivity contribution in [2.24, 2.45) is 5.92 Å². The van der Waals surface area contributed by atoms with Crippen LogP contribution in [0.4, 0.5) is 0 Å². The Bertz CT molecular complexity index is 372. The Balaban J connectivity index is 1.37. The minimum atomic E-state index is 0.857. The third-order valence-electron chi connectivity index (χ3n) is 3.79. The predicted molar refractivity (Wildman–Crippen MR) is 71.3 cm³/mol. The number of likely N-dealkylation sites (tertiary alicyclic amines) is 1. The van der Waals surface area contributed by atoms with Crippen LogP contribution >= 0.6 is 11.3 Å². The van der Waals surface area contributed by atoms with Gasteiger partial charge in [-0.05, 0) is 45.2 Å². The molecule has 3 rings (SSSR count). The van der Waals surface area contributed by atoms with Gasteiger partial charge in [0, 0.05) is 24.5 Å². The first-order valence-corrected chi connectivity index (χ1v) is 7.55. The van der Waals surface area contributed by atoms with Crippen molar-refractivity contribution in [1.29, 1.82) is 0 Å². The monoisotopic (exact) mass is 251 g/mol. The van der Waals surface area contributed by atoms with Crippen LogP contribution in [0.3, 0.4) is 0 Å². The van der Waals surface area contributed by atoms with Crippen LogP contribution in [-0.4, -0.2) is 35.6 Å². The summed E-state index contributed by atoms with van der Waals surface area (Å²) < 4.78 is 0. The second-order valence-electron chi connectivity index (χ2n) is 5.37. The van der Waals surface area contributed by atoms with Crippen molar-refractivity contribution in [1.82, 2.24) is 15.2 Å². The van der Waals surface area contributed by atoms with Crippen molar-refractivity contribution >= 4 is 11.3 Å². The fraction of sp³-hybridized carbons (Fsp3) is 0.769. The average Bonchev–Trinajstić information content (AvgIpc) is 2.93. The van der Waals surface area contributed by atoms with Crippen LogP contribution in [0.5, 0.6) is 0 Å². The summed E-state index contributed by atoms with van der Waals surface area (Å²) in [7, 11) is 0. The summed E-state index contributed by atoms with van der Waals surface area (Å²) in [5.41, 5.74) is 1.20. The van der Waals surface area contributed by atoms with E-state index in [1.54, 1.807) is 11.3 Å².